The van der Waals surface area contributed by atoms with Crippen molar-refractivity contribution in [3.8, 4) is 0 Å². The monoisotopic (exact) mass is 279 g/mol. The summed E-state index contributed by atoms with van der Waals surface area (Å²) in [5, 5.41) is 12.4. The maximum absolute atomic E-state index is 13.8. The summed E-state index contributed by atoms with van der Waals surface area (Å²) in [6, 6.07) is 4.98. The molecule has 1 aromatic heterocycles. The molecule has 1 aliphatic carbocycles. The van der Waals surface area contributed by atoms with Crippen molar-refractivity contribution in [2.45, 2.75) is 41.8 Å². The van der Waals surface area contributed by atoms with E-state index in [-0.39, 0.29) is 5.82 Å². The number of benzene rings is 1. The molecule has 2 N–H and O–H groups in total. The van der Waals surface area contributed by atoms with E-state index in [2.05, 4.69) is 15.5 Å². The maximum Gasteiger partial charge on any atom is 0.214 e. The van der Waals surface area contributed by atoms with Crippen molar-refractivity contribution in [2.24, 2.45) is 0 Å². The fraction of sp³-hybridized carbons (Fsp3) is 0.417. The standard InChI is InChI=1S/C12H14FN5S/c13-10-7-8(14)5-6-11(10)19-12-15-16-17-18(12)9-3-1-2-4-9/h5-7,9H,1-4,14H2. The molecule has 1 heterocycles. The van der Waals surface area contributed by atoms with E-state index >= 15 is 0 Å². The van der Waals surface area contributed by atoms with Gasteiger partial charge in [-0.15, -0.1) is 5.10 Å². The van der Waals surface area contributed by atoms with Gasteiger partial charge in [-0.05, 0) is 53.2 Å². The third kappa shape index (κ3) is 2.56. The lowest BCUT2D eigenvalue weighted by molar-refractivity contribution is 0.423. The Hall–Kier alpha value is -1.63. The summed E-state index contributed by atoms with van der Waals surface area (Å²) in [6.45, 7) is 0. The Morgan fingerprint density at radius 3 is 2.84 bits per heavy atom. The van der Waals surface area contributed by atoms with Crippen LogP contribution in [0.15, 0.2) is 28.3 Å². The number of nitrogens with zero attached hydrogens (tertiary/aromatic N) is 4. The summed E-state index contributed by atoms with van der Waals surface area (Å²) >= 11 is 1.24. The van der Waals surface area contributed by atoms with E-state index in [1.54, 1.807) is 12.1 Å². The van der Waals surface area contributed by atoms with E-state index in [1.165, 1.54) is 30.7 Å². The van der Waals surface area contributed by atoms with Crippen molar-refractivity contribution in [3.05, 3.63) is 24.0 Å². The third-order valence-corrected chi connectivity index (χ3v) is 4.29. The van der Waals surface area contributed by atoms with Crippen LogP contribution in [-0.2, 0) is 0 Å². The van der Waals surface area contributed by atoms with E-state index in [1.807, 2.05) is 4.68 Å². The van der Waals surface area contributed by atoms with Gasteiger partial charge >= 0.3 is 0 Å². The largest absolute Gasteiger partial charge is 0.399 e. The van der Waals surface area contributed by atoms with Gasteiger partial charge in [-0.1, -0.05) is 12.8 Å². The van der Waals surface area contributed by atoms with Crippen LogP contribution in [0.3, 0.4) is 0 Å². The molecule has 7 heteroatoms. The van der Waals surface area contributed by atoms with Gasteiger partial charge in [-0.2, -0.15) is 0 Å². The molecule has 0 amide bonds. The van der Waals surface area contributed by atoms with Crippen LogP contribution < -0.4 is 5.73 Å². The summed E-state index contributed by atoms with van der Waals surface area (Å²) in [5.74, 6) is -0.342. The number of nitrogens with two attached hydrogens (primary N) is 1. The molecule has 0 saturated heterocycles. The Kier molecular flexibility index (Phi) is 3.37. The first-order valence-electron chi connectivity index (χ1n) is 6.25. The lowest BCUT2D eigenvalue weighted by Crippen LogP contribution is -2.08. The van der Waals surface area contributed by atoms with Gasteiger partial charge in [0, 0.05) is 5.69 Å². The average molecular weight is 279 g/mol. The highest BCUT2D eigenvalue weighted by Crippen LogP contribution is 2.34. The Balaban J connectivity index is 1.85. The van der Waals surface area contributed by atoms with Crippen LogP contribution in [-0.4, -0.2) is 20.2 Å². The van der Waals surface area contributed by atoms with Crippen LogP contribution in [0, 0.1) is 5.82 Å². The highest BCUT2D eigenvalue weighted by atomic mass is 32.2. The molecule has 1 fully saturated rings. The average Bonchev–Trinajstić information content (AvgIpc) is 3.03. The van der Waals surface area contributed by atoms with Crippen LogP contribution in [0.1, 0.15) is 31.7 Å². The number of halogens is 1. The molecule has 1 saturated carbocycles. The molecular weight excluding hydrogens is 265 g/mol. The first-order chi connectivity index (χ1) is 9.24. The van der Waals surface area contributed by atoms with E-state index in [9.17, 15) is 4.39 Å². The predicted octanol–water partition coefficient (Wildman–Crippen LogP) is 2.66. The van der Waals surface area contributed by atoms with Crippen molar-refractivity contribution >= 4 is 17.4 Å². The second-order valence-corrected chi connectivity index (χ2v) is 5.65. The number of tetrazole rings is 1. The maximum atomic E-state index is 13.8. The van der Waals surface area contributed by atoms with Gasteiger partial charge in [-0.25, -0.2) is 9.07 Å². The summed E-state index contributed by atoms with van der Waals surface area (Å²) in [6.07, 6.45) is 4.57. The van der Waals surface area contributed by atoms with Gasteiger partial charge in [0.15, 0.2) is 0 Å². The zero-order valence-electron chi connectivity index (χ0n) is 10.3. The number of hydrogen-bond acceptors (Lipinski definition) is 5. The fourth-order valence-corrected chi connectivity index (χ4v) is 3.17. The minimum Gasteiger partial charge on any atom is -0.399 e. The van der Waals surface area contributed by atoms with Gasteiger partial charge in [0.05, 0.1) is 10.9 Å². The van der Waals surface area contributed by atoms with Crippen LogP contribution in [0.25, 0.3) is 0 Å². The van der Waals surface area contributed by atoms with Crippen molar-refractivity contribution in [1.29, 1.82) is 0 Å². The van der Waals surface area contributed by atoms with Gasteiger partial charge in [0.25, 0.3) is 0 Å². The molecule has 0 radical (unpaired) electrons. The van der Waals surface area contributed by atoms with Crippen molar-refractivity contribution < 1.29 is 4.39 Å². The Bertz CT molecular complexity index is 579. The minimum atomic E-state index is -0.342. The smallest absolute Gasteiger partial charge is 0.214 e. The lowest BCUT2D eigenvalue weighted by Gasteiger charge is -2.11. The number of aromatic nitrogens is 4. The van der Waals surface area contributed by atoms with Gasteiger partial charge in [0.2, 0.25) is 5.16 Å². The lowest BCUT2D eigenvalue weighted by atomic mass is 10.3. The molecule has 0 atom stereocenters. The molecule has 19 heavy (non-hydrogen) atoms. The topological polar surface area (TPSA) is 69.6 Å². The number of anilines is 1. The SMILES string of the molecule is Nc1ccc(Sc2nnnn2C2CCCC2)c(F)c1. The van der Waals surface area contributed by atoms with E-state index < -0.39 is 0 Å². The Morgan fingerprint density at radius 2 is 2.11 bits per heavy atom. The number of hydrogen-bond donors (Lipinski definition) is 1. The molecule has 0 spiro atoms. The number of nitrogen functional groups attached to an aromatic ring is 1. The first kappa shape index (κ1) is 12.4. The van der Waals surface area contributed by atoms with Crippen LogP contribution in [0.5, 0.6) is 0 Å². The quantitative estimate of drug-likeness (QED) is 0.875. The summed E-state index contributed by atoms with van der Waals surface area (Å²) in [7, 11) is 0. The number of rotatable bonds is 3. The second kappa shape index (κ2) is 5.16. The molecule has 100 valence electrons. The third-order valence-electron chi connectivity index (χ3n) is 3.29. The zero-order valence-corrected chi connectivity index (χ0v) is 11.1. The Labute approximate surface area is 114 Å². The second-order valence-electron chi connectivity index (χ2n) is 4.64. The molecule has 0 bridgehead atoms. The van der Waals surface area contributed by atoms with E-state index in [0.29, 0.717) is 21.8 Å². The molecule has 0 aliphatic heterocycles. The summed E-state index contributed by atoms with van der Waals surface area (Å²) < 4.78 is 15.6. The molecule has 2 aromatic rings. The predicted molar refractivity (Wildman–Crippen MR) is 70.3 cm³/mol. The van der Waals surface area contributed by atoms with Crippen molar-refractivity contribution in [1.82, 2.24) is 20.2 Å². The van der Waals surface area contributed by atoms with Crippen LogP contribution in [0.2, 0.25) is 0 Å². The van der Waals surface area contributed by atoms with E-state index in [0.717, 1.165) is 12.8 Å². The van der Waals surface area contributed by atoms with Gasteiger partial charge < -0.3 is 5.73 Å². The van der Waals surface area contributed by atoms with E-state index in [4.69, 9.17) is 5.73 Å². The highest BCUT2D eigenvalue weighted by molar-refractivity contribution is 7.99. The zero-order chi connectivity index (χ0) is 13.2. The molecule has 0 unspecified atom stereocenters. The minimum absolute atomic E-state index is 0.342. The van der Waals surface area contributed by atoms with Crippen molar-refractivity contribution in [2.75, 3.05) is 5.73 Å². The van der Waals surface area contributed by atoms with Gasteiger partial charge in [0.1, 0.15) is 5.82 Å². The normalized spacial score (nSPS) is 16.1. The highest BCUT2D eigenvalue weighted by Gasteiger charge is 2.22. The van der Waals surface area contributed by atoms with Crippen molar-refractivity contribution in [3.63, 3.8) is 0 Å². The fourth-order valence-electron chi connectivity index (χ4n) is 2.33. The summed E-state index contributed by atoms with van der Waals surface area (Å²) in [5.41, 5.74) is 5.95. The summed E-state index contributed by atoms with van der Waals surface area (Å²) in [4.78, 5) is 0.489. The first-order valence-corrected chi connectivity index (χ1v) is 7.06. The van der Waals surface area contributed by atoms with Gasteiger partial charge in [-0.3, -0.25) is 0 Å². The molecule has 5 nitrogen and oxygen atoms in total. The van der Waals surface area contributed by atoms with Crippen LogP contribution in [0.4, 0.5) is 10.1 Å². The Morgan fingerprint density at radius 1 is 1.32 bits per heavy atom. The molecule has 3 rings (SSSR count). The molecule has 1 aliphatic rings. The van der Waals surface area contributed by atoms with Crippen LogP contribution >= 0.6 is 11.8 Å². The molecule has 1 aromatic carbocycles. The molecular formula is C12H14FN5S.